The van der Waals surface area contributed by atoms with Crippen LogP contribution in [0, 0.1) is 0 Å². The first kappa shape index (κ1) is 17.0. The van der Waals surface area contributed by atoms with E-state index in [9.17, 15) is 4.79 Å². The number of carbonyl (C=O) groups excluding carboxylic acids is 1. The summed E-state index contributed by atoms with van der Waals surface area (Å²) in [6, 6.07) is 19.8. The zero-order chi connectivity index (χ0) is 17.6. The van der Waals surface area contributed by atoms with Gasteiger partial charge in [-0.3, -0.25) is 0 Å². The van der Waals surface area contributed by atoms with Gasteiger partial charge in [0.2, 0.25) is 0 Å². The van der Waals surface area contributed by atoms with E-state index in [2.05, 4.69) is 18.9 Å². The fourth-order valence-electron chi connectivity index (χ4n) is 2.83. The van der Waals surface area contributed by atoms with Crippen LogP contribution in [-0.4, -0.2) is 22.4 Å². The molecule has 0 spiro atoms. The molecular weight excluding hydrogens is 312 g/mol. The molecule has 1 aromatic heterocycles. The van der Waals surface area contributed by atoms with Crippen molar-refractivity contribution in [3.63, 3.8) is 0 Å². The SMILES string of the molecule is CC(C)c1c(C(=O)OCCc2ccccc2)cnn1-c1ccccc1. The lowest BCUT2D eigenvalue weighted by molar-refractivity contribution is 0.0507. The molecule has 0 aliphatic carbocycles. The van der Waals surface area contributed by atoms with Gasteiger partial charge in [0, 0.05) is 6.42 Å². The van der Waals surface area contributed by atoms with Crippen molar-refractivity contribution in [2.24, 2.45) is 0 Å². The largest absolute Gasteiger partial charge is 0.462 e. The minimum atomic E-state index is -0.318. The van der Waals surface area contributed by atoms with Gasteiger partial charge in [-0.25, -0.2) is 9.48 Å². The Bertz CT molecular complexity index is 824. The van der Waals surface area contributed by atoms with Crippen LogP contribution in [0.3, 0.4) is 0 Å². The number of rotatable bonds is 6. The van der Waals surface area contributed by atoms with Crippen LogP contribution in [0.25, 0.3) is 5.69 Å². The van der Waals surface area contributed by atoms with Gasteiger partial charge < -0.3 is 4.74 Å². The smallest absolute Gasteiger partial charge is 0.341 e. The maximum absolute atomic E-state index is 12.5. The summed E-state index contributed by atoms with van der Waals surface area (Å²) >= 11 is 0. The molecule has 25 heavy (non-hydrogen) atoms. The van der Waals surface area contributed by atoms with Crippen molar-refractivity contribution in [1.82, 2.24) is 9.78 Å². The predicted molar refractivity (Wildman–Crippen MR) is 98.1 cm³/mol. The van der Waals surface area contributed by atoms with Crippen LogP contribution < -0.4 is 0 Å². The number of hydrogen-bond acceptors (Lipinski definition) is 3. The summed E-state index contributed by atoms with van der Waals surface area (Å²) in [5.41, 5.74) is 3.50. The lowest BCUT2D eigenvalue weighted by atomic mass is 10.1. The number of esters is 1. The van der Waals surface area contributed by atoms with Gasteiger partial charge in [-0.2, -0.15) is 5.10 Å². The molecule has 4 nitrogen and oxygen atoms in total. The molecule has 0 saturated carbocycles. The molecule has 0 amide bonds. The third kappa shape index (κ3) is 3.97. The molecule has 0 aliphatic heterocycles. The van der Waals surface area contributed by atoms with Crippen molar-refractivity contribution in [2.75, 3.05) is 6.61 Å². The topological polar surface area (TPSA) is 44.1 Å². The van der Waals surface area contributed by atoms with E-state index in [1.54, 1.807) is 6.20 Å². The summed E-state index contributed by atoms with van der Waals surface area (Å²) in [7, 11) is 0. The highest BCUT2D eigenvalue weighted by atomic mass is 16.5. The first-order valence-electron chi connectivity index (χ1n) is 8.51. The zero-order valence-corrected chi connectivity index (χ0v) is 14.6. The number of ether oxygens (including phenoxy) is 1. The summed E-state index contributed by atoms with van der Waals surface area (Å²) in [6.07, 6.45) is 2.31. The second kappa shape index (κ2) is 7.79. The third-order valence-corrected chi connectivity index (χ3v) is 4.04. The van der Waals surface area contributed by atoms with Gasteiger partial charge >= 0.3 is 5.97 Å². The van der Waals surface area contributed by atoms with Crippen molar-refractivity contribution >= 4 is 5.97 Å². The molecule has 3 rings (SSSR count). The molecule has 1 heterocycles. The number of hydrogen-bond donors (Lipinski definition) is 0. The molecule has 0 unspecified atom stereocenters. The van der Waals surface area contributed by atoms with Crippen molar-refractivity contribution in [1.29, 1.82) is 0 Å². The standard InChI is InChI=1S/C21H22N2O2/c1-16(2)20-19(15-22-23(20)18-11-7-4-8-12-18)21(24)25-14-13-17-9-5-3-6-10-17/h3-12,15-16H,13-14H2,1-2H3. The highest BCUT2D eigenvalue weighted by Crippen LogP contribution is 2.23. The van der Waals surface area contributed by atoms with Gasteiger partial charge in [0.25, 0.3) is 0 Å². The molecule has 0 saturated heterocycles. The Morgan fingerprint density at radius 2 is 1.68 bits per heavy atom. The van der Waals surface area contributed by atoms with Gasteiger partial charge in [-0.1, -0.05) is 62.4 Å². The molecular formula is C21H22N2O2. The van der Waals surface area contributed by atoms with E-state index >= 15 is 0 Å². The number of benzene rings is 2. The van der Waals surface area contributed by atoms with E-state index in [4.69, 9.17) is 4.74 Å². The number of aromatic nitrogens is 2. The lowest BCUT2D eigenvalue weighted by Crippen LogP contribution is -2.12. The van der Waals surface area contributed by atoms with Crippen LogP contribution in [-0.2, 0) is 11.2 Å². The van der Waals surface area contributed by atoms with Crippen molar-refractivity contribution in [2.45, 2.75) is 26.2 Å². The molecule has 128 valence electrons. The van der Waals surface area contributed by atoms with Crippen molar-refractivity contribution < 1.29 is 9.53 Å². The monoisotopic (exact) mass is 334 g/mol. The Kier molecular flexibility index (Phi) is 5.29. The molecule has 0 radical (unpaired) electrons. The number of para-hydroxylation sites is 1. The van der Waals surface area contributed by atoms with E-state index in [-0.39, 0.29) is 11.9 Å². The molecule has 3 aromatic rings. The Hall–Kier alpha value is -2.88. The molecule has 2 aromatic carbocycles. The molecule has 0 atom stereocenters. The second-order valence-corrected chi connectivity index (χ2v) is 6.22. The summed E-state index contributed by atoms with van der Waals surface area (Å²) in [6.45, 7) is 4.46. The van der Waals surface area contributed by atoms with Gasteiger partial charge in [-0.05, 0) is 23.6 Å². The minimum Gasteiger partial charge on any atom is -0.462 e. The van der Waals surface area contributed by atoms with Crippen LogP contribution >= 0.6 is 0 Å². The molecule has 4 heteroatoms. The van der Waals surface area contributed by atoms with Gasteiger partial charge in [-0.15, -0.1) is 0 Å². The van der Waals surface area contributed by atoms with Gasteiger partial charge in [0.05, 0.1) is 24.2 Å². The number of nitrogens with zero attached hydrogens (tertiary/aromatic N) is 2. The lowest BCUT2D eigenvalue weighted by Gasteiger charge is -2.12. The summed E-state index contributed by atoms with van der Waals surface area (Å²) in [5.74, 6) is -0.166. The molecule has 0 bridgehead atoms. The minimum absolute atomic E-state index is 0.152. The quantitative estimate of drug-likeness (QED) is 0.628. The number of carbonyl (C=O) groups is 1. The Morgan fingerprint density at radius 1 is 1.04 bits per heavy atom. The van der Waals surface area contributed by atoms with Gasteiger partial charge in [0.1, 0.15) is 5.56 Å². The summed E-state index contributed by atoms with van der Waals surface area (Å²) in [4.78, 5) is 12.5. The van der Waals surface area contributed by atoms with Gasteiger partial charge in [0.15, 0.2) is 0 Å². The van der Waals surface area contributed by atoms with E-state index in [1.165, 1.54) is 0 Å². The van der Waals surface area contributed by atoms with E-state index in [1.807, 2.05) is 65.3 Å². The van der Waals surface area contributed by atoms with Crippen LogP contribution in [0.2, 0.25) is 0 Å². The fourth-order valence-corrected chi connectivity index (χ4v) is 2.83. The van der Waals surface area contributed by atoms with Crippen LogP contribution in [0.1, 0.15) is 41.4 Å². The van der Waals surface area contributed by atoms with E-state index in [0.29, 0.717) is 18.6 Å². The summed E-state index contributed by atoms with van der Waals surface area (Å²) in [5, 5.41) is 4.41. The predicted octanol–water partition coefficient (Wildman–Crippen LogP) is 4.40. The first-order chi connectivity index (χ1) is 12.2. The first-order valence-corrected chi connectivity index (χ1v) is 8.51. The van der Waals surface area contributed by atoms with Crippen molar-refractivity contribution in [3.05, 3.63) is 83.7 Å². The highest BCUT2D eigenvalue weighted by molar-refractivity contribution is 5.90. The molecule has 0 fully saturated rings. The average Bonchev–Trinajstić information content (AvgIpc) is 3.09. The zero-order valence-electron chi connectivity index (χ0n) is 14.6. The fraction of sp³-hybridized carbons (Fsp3) is 0.238. The highest BCUT2D eigenvalue weighted by Gasteiger charge is 2.21. The second-order valence-electron chi connectivity index (χ2n) is 6.22. The maximum Gasteiger partial charge on any atom is 0.341 e. The van der Waals surface area contributed by atoms with E-state index in [0.717, 1.165) is 16.9 Å². The molecule has 0 aliphatic rings. The van der Waals surface area contributed by atoms with Crippen LogP contribution in [0.15, 0.2) is 66.9 Å². The maximum atomic E-state index is 12.5. The Labute approximate surface area is 148 Å². The van der Waals surface area contributed by atoms with Crippen LogP contribution in [0.4, 0.5) is 0 Å². The van der Waals surface area contributed by atoms with Crippen LogP contribution in [0.5, 0.6) is 0 Å². The Balaban J connectivity index is 1.75. The van der Waals surface area contributed by atoms with Crippen molar-refractivity contribution in [3.8, 4) is 5.69 Å². The normalized spacial score (nSPS) is 10.8. The van der Waals surface area contributed by atoms with E-state index < -0.39 is 0 Å². The Morgan fingerprint density at radius 3 is 2.32 bits per heavy atom. The third-order valence-electron chi connectivity index (χ3n) is 4.04. The molecule has 0 N–H and O–H groups in total. The average molecular weight is 334 g/mol. The summed E-state index contributed by atoms with van der Waals surface area (Å²) < 4.78 is 7.30.